The van der Waals surface area contributed by atoms with E-state index in [2.05, 4.69) is 10.6 Å². The number of hydrogen-bond acceptors (Lipinski definition) is 3. The molecule has 2 rings (SSSR count). The first kappa shape index (κ1) is 15.6. The zero-order valence-electron chi connectivity index (χ0n) is 11.5. The van der Waals surface area contributed by atoms with Crippen molar-refractivity contribution in [3.05, 3.63) is 29.3 Å². The van der Waals surface area contributed by atoms with E-state index in [0.717, 1.165) is 37.9 Å². The first-order chi connectivity index (χ1) is 9.88. The van der Waals surface area contributed by atoms with Gasteiger partial charge in [-0.1, -0.05) is 0 Å². The van der Waals surface area contributed by atoms with Crippen LogP contribution in [0.5, 0.6) is 0 Å². The Bertz CT molecular complexity index is 511. The molecule has 0 aliphatic carbocycles. The first-order valence-corrected chi connectivity index (χ1v) is 6.86. The quantitative estimate of drug-likeness (QED) is 0.782. The third-order valence-electron chi connectivity index (χ3n) is 3.57. The summed E-state index contributed by atoms with van der Waals surface area (Å²) in [5.74, 6) is -1.08. The van der Waals surface area contributed by atoms with Gasteiger partial charge in [0.25, 0.3) is 0 Å². The summed E-state index contributed by atoms with van der Waals surface area (Å²) in [4.78, 5) is 11.1. The Hall–Kier alpha value is -1.76. The van der Waals surface area contributed by atoms with Crippen LogP contribution >= 0.6 is 0 Å². The lowest BCUT2D eigenvalue weighted by Gasteiger charge is -2.15. The molecule has 1 saturated heterocycles. The van der Waals surface area contributed by atoms with Crippen LogP contribution in [-0.2, 0) is 6.18 Å². The number of amides is 1. The standard InChI is InChI=1S/C14H18F3N3O/c15-14(16,17)12-8-10(3-4-11(12)13(18)21)20-7-5-9-2-1-6-19-9/h3-4,8-9,19-20H,1-2,5-7H2,(H2,18,21)/t9-/m1/s1. The van der Waals surface area contributed by atoms with Crippen LogP contribution in [0.25, 0.3) is 0 Å². The molecule has 0 aromatic heterocycles. The molecule has 1 aromatic carbocycles. The molecule has 4 N–H and O–H groups in total. The fraction of sp³-hybridized carbons (Fsp3) is 0.500. The molecule has 0 saturated carbocycles. The van der Waals surface area contributed by atoms with Crippen LogP contribution in [0, 0.1) is 0 Å². The molecule has 1 aliphatic heterocycles. The molecule has 4 nitrogen and oxygen atoms in total. The molecule has 21 heavy (non-hydrogen) atoms. The highest BCUT2D eigenvalue weighted by molar-refractivity contribution is 5.95. The molecule has 1 fully saturated rings. The molecular formula is C14H18F3N3O. The zero-order valence-corrected chi connectivity index (χ0v) is 11.5. The van der Waals surface area contributed by atoms with Gasteiger partial charge in [0.2, 0.25) is 5.91 Å². The highest BCUT2D eigenvalue weighted by Crippen LogP contribution is 2.33. The van der Waals surface area contributed by atoms with E-state index in [4.69, 9.17) is 5.73 Å². The number of halogens is 3. The fourth-order valence-corrected chi connectivity index (χ4v) is 2.50. The molecule has 0 bridgehead atoms. The second-order valence-electron chi connectivity index (χ2n) is 5.13. The van der Waals surface area contributed by atoms with Crippen molar-refractivity contribution in [3.63, 3.8) is 0 Å². The Morgan fingerprint density at radius 3 is 2.76 bits per heavy atom. The van der Waals surface area contributed by atoms with Gasteiger partial charge in [0, 0.05) is 18.3 Å². The van der Waals surface area contributed by atoms with E-state index in [9.17, 15) is 18.0 Å². The number of carbonyl (C=O) groups excluding carboxylic acids is 1. The second-order valence-corrected chi connectivity index (χ2v) is 5.13. The lowest BCUT2D eigenvalue weighted by molar-refractivity contribution is -0.137. The maximum absolute atomic E-state index is 12.9. The first-order valence-electron chi connectivity index (χ1n) is 6.86. The predicted molar refractivity (Wildman–Crippen MR) is 74.1 cm³/mol. The highest BCUT2D eigenvalue weighted by Gasteiger charge is 2.35. The Morgan fingerprint density at radius 2 is 2.19 bits per heavy atom. The van der Waals surface area contributed by atoms with Gasteiger partial charge in [0.15, 0.2) is 0 Å². The average Bonchev–Trinajstić information content (AvgIpc) is 2.90. The summed E-state index contributed by atoms with van der Waals surface area (Å²) in [6, 6.07) is 3.91. The molecular weight excluding hydrogens is 283 g/mol. The topological polar surface area (TPSA) is 67.2 Å². The van der Waals surface area contributed by atoms with Crippen molar-refractivity contribution in [1.82, 2.24) is 5.32 Å². The number of carbonyl (C=O) groups is 1. The number of rotatable bonds is 5. The number of primary amides is 1. The smallest absolute Gasteiger partial charge is 0.385 e. The van der Waals surface area contributed by atoms with Crippen LogP contribution in [0.1, 0.15) is 35.2 Å². The average molecular weight is 301 g/mol. The van der Waals surface area contributed by atoms with Gasteiger partial charge in [-0.25, -0.2) is 0 Å². The van der Waals surface area contributed by atoms with Gasteiger partial charge < -0.3 is 16.4 Å². The summed E-state index contributed by atoms with van der Waals surface area (Å²) in [6.07, 6.45) is -1.53. The Kier molecular flexibility index (Phi) is 4.72. The van der Waals surface area contributed by atoms with E-state index in [1.165, 1.54) is 6.07 Å². The van der Waals surface area contributed by atoms with Crippen LogP contribution in [0.4, 0.5) is 18.9 Å². The Labute approximate surface area is 120 Å². The minimum Gasteiger partial charge on any atom is -0.385 e. The van der Waals surface area contributed by atoms with Crippen molar-refractivity contribution in [2.45, 2.75) is 31.5 Å². The molecule has 0 unspecified atom stereocenters. The molecule has 0 radical (unpaired) electrons. The molecule has 1 heterocycles. The maximum atomic E-state index is 12.9. The second kappa shape index (κ2) is 6.34. The van der Waals surface area contributed by atoms with Crippen molar-refractivity contribution in [2.24, 2.45) is 5.73 Å². The largest absolute Gasteiger partial charge is 0.417 e. The monoisotopic (exact) mass is 301 g/mol. The van der Waals surface area contributed by atoms with Gasteiger partial charge >= 0.3 is 6.18 Å². The number of nitrogens with one attached hydrogen (secondary N) is 2. The van der Waals surface area contributed by atoms with Gasteiger partial charge in [0.1, 0.15) is 0 Å². The van der Waals surface area contributed by atoms with E-state index in [-0.39, 0.29) is 0 Å². The lowest BCUT2D eigenvalue weighted by atomic mass is 10.1. The summed E-state index contributed by atoms with van der Waals surface area (Å²) in [6.45, 7) is 1.57. The van der Waals surface area contributed by atoms with Crippen molar-refractivity contribution in [1.29, 1.82) is 0 Å². The van der Waals surface area contributed by atoms with Gasteiger partial charge in [-0.2, -0.15) is 13.2 Å². The number of hydrogen-bond donors (Lipinski definition) is 3. The summed E-state index contributed by atoms with van der Waals surface area (Å²) >= 11 is 0. The fourth-order valence-electron chi connectivity index (χ4n) is 2.50. The Morgan fingerprint density at radius 1 is 1.43 bits per heavy atom. The van der Waals surface area contributed by atoms with Crippen LogP contribution in [0.2, 0.25) is 0 Å². The van der Waals surface area contributed by atoms with Crippen LogP contribution < -0.4 is 16.4 Å². The predicted octanol–water partition coefficient (Wildman–Crippen LogP) is 2.36. The van der Waals surface area contributed by atoms with Crippen LogP contribution in [-0.4, -0.2) is 25.0 Å². The highest BCUT2D eigenvalue weighted by atomic mass is 19.4. The van der Waals surface area contributed by atoms with E-state index in [0.29, 0.717) is 18.3 Å². The molecule has 116 valence electrons. The molecule has 7 heteroatoms. The minimum atomic E-state index is -4.60. The van der Waals surface area contributed by atoms with Crippen LogP contribution in [0.3, 0.4) is 0 Å². The summed E-state index contributed by atoms with van der Waals surface area (Å²) in [5, 5.41) is 6.28. The third-order valence-corrected chi connectivity index (χ3v) is 3.57. The van der Waals surface area contributed by atoms with E-state index in [1.54, 1.807) is 0 Å². The zero-order chi connectivity index (χ0) is 15.5. The van der Waals surface area contributed by atoms with Crippen molar-refractivity contribution < 1.29 is 18.0 Å². The number of alkyl halides is 3. The van der Waals surface area contributed by atoms with Gasteiger partial charge in [-0.3, -0.25) is 4.79 Å². The summed E-state index contributed by atoms with van der Waals surface area (Å²) in [7, 11) is 0. The van der Waals surface area contributed by atoms with Crippen molar-refractivity contribution in [2.75, 3.05) is 18.4 Å². The van der Waals surface area contributed by atoms with E-state index in [1.807, 2.05) is 0 Å². The number of nitrogens with two attached hydrogens (primary N) is 1. The summed E-state index contributed by atoms with van der Waals surface area (Å²) in [5.41, 5.74) is 3.81. The van der Waals surface area contributed by atoms with Crippen molar-refractivity contribution in [3.8, 4) is 0 Å². The normalized spacial score (nSPS) is 18.7. The molecule has 1 amide bonds. The Balaban J connectivity index is 2.04. The molecule has 1 atom stereocenters. The molecule has 0 spiro atoms. The van der Waals surface area contributed by atoms with Gasteiger partial charge in [-0.15, -0.1) is 0 Å². The molecule has 1 aliphatic rings. The SMILES string of the molecule is NC(=O)c1ccc(NCC[C@H]2CCCN2)cc1C(F)(F)F. The van der Waals surface area contributed by atoms with Crippen LogP contribution in [0.15, 0.2) is 18.2 Å². The van der Waals surface area contributed by atoms with Gasteiger partial charge in [0.05, 0.1) is 11.1 Å². The third kappa shape index (κ3) is 4.10. The van der Waals surface area contributed by atoms with E-state index >= 15 is 0 Å². The summed E-state index contributed by atoms with van der Waals surface area (Å²) < 4.78 is 38.7. The number of benzene rings is 1. The number of anilines is 1. The van der Waals surface area contributed by atoms with Gasteiger partial charge in [-0.05, 0) is 44.0 Å². The van der Waals surface area contributed by atoms with Crippen molar-refractivity contribution >= 4 is 11.6 Å². The molecule has 1 aromatic rings. The lowest BCUT2D eigenvalue weighted by Crippen LogP contribution is -2.24. The minimum absolute atomic E-state index is 0.338. The van der Waals surface area contributed by atoms with E-state index < -0.39 is 23.2 Å². The maximum Gasteiger partial charge on any atom is 0.417 e.